The molecule has 116 valence electrons. The lowest BCUT2D eigenvalue weighted by Gasteiger charge is -2.27. The van der Waals surface area contributed by atoms with Crippen molar-refractivity contribution < 1.29 is 14.3 Å². The highest BCUT2D eigenvalue weighted by Crippen LogP contribution is 2.16. The Morgan fingerprint density at radius 1 is 1.09 bits per heavy atom. The van der Waals surface area contributed by atoms with Crippen LogP contribution in [0, 0.1) is 12.3 Å². The highest BCUT2D eigenvalue weighted by atomic mass is 16.5. The van der Waals surface area contributed by atoms with Crippen LogP contribution < -0.4 is 5.32 Å². The van der Waals surface area contributed by atoms with Crippen molar-refractivity contribution in [1.29, 1.82) is 0 Å². The van der Waals surface area contributed by atoms with Gasteiger partial charge in [0.25, 0.3) is 5.91 Å². The minimum Gasteiger partial charge on any atom is -0.467 e. The number of amides is 1. The van der Waals surface area contributed by atoms with E-state index in [1.807, 2.05) is 30.3 Å². The lowest BCUT2D eigenvalue weighted by molar-refractivity contribution is -0.145. The van der Waals surface area contributed by atoms with E-state index in [1.54, 1.807) is 30.3 Å². The molecule has 4 nitrogen and oxygen atoms in total. The Hall–Kier alpha value is -3.06. The van der Waals surface area contributed by atoms with E-state index in [1.165, 1.54) is 7.11 Å². The summed E-state index contributed by atoms with van der Waals surface area (Å²) in [7, 11) is 1.24. The average Bonchev–Trinajstić information content (AvgIpc) is 2.61. The van der Waals surface area contributed by atoms with Crippen molar-refractivity contribution in [2.45, 2.75) is 12.0 Å². The third-order valence-electron chi connectivity index (χ3n) is 3.46. The number of benzene rings is 2. The van der Waals surface area contributed by atoms with Crippen LogP contribution in [0.15, 0.2) is 60.7 Å². The van der Waals surface area contributed by atoms with E-state index in [4.69, 9.17) is 11.2 Å². The number of hydrogen-bond donors (Lipinski definition) is 1. The second-order valence-electron chi connectivity index (χ2n) is 5.02. The van der Waals surface area contributed by atoms with Crippen LogP contribution in [0.4, 0.5) is 0 Å². The summed E-state index contributed by atoms with van der Waals surface area (Å²) in [5.41, 5.74) is -0.309. The summed E-state index contributed by atoms with van der Waals surface area (Å²) >= 11 is 0. The molecule has 0 bridgehead atoms. The molecule has 0 aliphatic carbocycles. The second-order valence-corrected chi connectivity index (χ2v) is 5.02. The minimum absolute atomic E-state index is 0.148. The molecule has 0 aliphatic rings. The molecular weight excluding hydrogens is 290 g/mol. The van der Waals surface area contributed by atoms with Crippen LogP contribution in [-0.2, 0) is 16.0 Å². The van der Waals surface area contributed by atoms with Gasteiger partial charge in [-0.3, -0.25) is 4.79 Å². The van der Waals surface area contributed by atoms with Gasteiger partial charge in [-0.2, -0.15) is 0 Å². The Kier molecular flexibility index (Phi) is 5.16. The fourth-order valence-corrected chi connectivity index (χ4v) is 2.25. The molecule has 0 fully saturated rings. The van der Waals surface area contributed by atoms with Crippen molar-refractivity contribution in [1.82, 2.24) is 5.32 Å². The molecule has 2 rings (SSSR count). The second kappa shape index (κ2) is 7.28. The number of terminal acetylenes is 1. The van der Waals surface area contributed by atoms with Crippen molar-refractivity contribution in [2.75, 3.05) is 7.11 Å². The molecular formula is C19H17NO3. The van der Waals surface area contributed by atoms with E-state index in [2.05, 4.69) is 11.2 Å². The summed E-state index contributed by atoms with van der Waals surface area (Å²) in [4.78, 5) is 24.7. The van der Waals surface area contributed by atoms with Gasteiger partial charge in [0.1, 0.15) is 0 Å². The minimum atomic E-state index is -1.55. The molecule has 0 aliphatic heterocycles. The zero-order valence-electron chi connectivity index (χ0n) is 12.8. The number of esters is 1. The van der Waals surface area contributed by atoms with Crippen molar-refractivity contribution in [3.63, 3.8) is 0 Å². The summed E-state index contributed by atoms with van der Waals surface area (Å²) in [6.45, 7) is 0. The van der Waals surface area contributed by atoms with E-state index in [0.717, 1.165) is 5.56 Å². The Morgan fingerprint density at radius 2 is 1.65 bits per heavy atom. The molecule has 2 aromatic rings. The van der Waals surface area contributed by atoms with E-state index in [9.17, 15) is 9.59 Å². The van der Waals surface area contributed by atoms with E-state index < -0.39 is 17.4 Å². The lowest BCUT2D eigenvalue weighted by atomic mass is 9.91. The van der Waals surface area contributed by atoms with Crippen LogP contribution >= 0.6 is 0 Å². The quantitative estimate of drug-likeness (QED) is 0.680. The molecule has 0 aromatic heterocycles. The van der Waals surface area contributed by atoms with Crippen LogP contribution in [0.5, 0.6) is 0 Å². The first-order valence-electron chi connectivity index (χ1n) is 7.09. The summed E-state index contributed by atoms with van der Waals surface area (Å²) < 4.78 is 4.82. The molecule has 4 heteroatoms. The molecule has 0 heterocycles. The zero-order valence-corrected chi connectivity index (χ0v) is 12.8. The highest BCUT2D eigenvalue weighted by Gasteiger charge is 2.39. The Labute approximate surface area is 135 Å². The maximum Gasteiger partial charge on any atom is 0.344 e. The number of carbonyl (C=O) groups excluding carboxylic acids is 2. The maximum absolute atomic E-state index is 12.4. The van der Waals surface area contributed by atoms with Crippen molar-refractivity contribution in [3.05, 3.63) is 71.8 Å². The summed E-state index contributed by atoms with van der Waals surface area (Å²) in [6.07, 6.45) is 5.74. The normalized spacial score (nSPS) is 12.5. The molecule has 1 N–H and O–H groups in total. The third kappa shape index (κ3) is 3.78. The van der Waals surface area contributed by atoms with E-state index in [-0.39, 0.29) is 6.42 Å². The lowest BCUT2D eigenvalue weighted by Crippen LogP contribution is -2.55. The zero-order chi connectivity index (χ0) is 16.7. The molecule has 23 heavy (non-hydrogen) atoms. The molecule has 1 unspecified atom stereocenters. The van der Waals surface area contributed by atoms with Crippen molar-refractivity contribution >= 4 is 11.9 Å². The molecule has 0 radical (unpaired) electrons. The number of carbonyl (C=O) groups is 2. The van der Waals surface area contributed by atoms with Gasteiger partial charge in [0.05, 0.1) is 7.11 Å². The Morgan fingerprint density at radius 3 is 2.17 bits per heavy atom. The molecule has 0 saturated carbocycles. The molecule has 2 aromatic carbocycles. The van der Waals surface area contributed by atoms with Gasteiger partial charge in [0, 0.05) is 12.0 Å². The first-order valence-corrected chi connectivity index (χ1v) is 7.09. The average molecular weight is 307 g/mol. The van der Waals surface area contributed by atoms with Crippen LogP contribution in [-0.4, -0.2) is 24.5 Å². The first-order chi connectivity index (χ1) is 11.1. The Balaban J connectivity index is 2.32. The van der Waals surface area contributed by atoms with E-state index >= 15 is 0 Å². The van der Waals surface area contributed by atoms with Gasteiger partial charge in [-0.15, -0.1) is 6.42 Å². The predicted octanol–water partition coefficient (Wildman–Crippen LogP) is 2.20. The van der Waals surface area contributed by atoms with Crippen LogP contribution in [0.3, 0.4) is 0 Å². The molecule has 0 saturated heterocycles. The van der Waals surface area contributed by atoms with Crippen LogP contribution in [0.25, 0.3) is 0 Å². The summed E-state index contributed by atoms with van der Waals surface area (Å²) in [5.74, 6) is 1.31. The smallest absolute Gasteiger partial charge is 0.344 e. The van der Waals surface area contributed by atoms with Gasteiger partial charge in [-0.1, -0.05) is 54.5 Å². The van der Waals surface area contributed by atoms with Gasteiger partial charge < -0.3 is 10.1 Å². The number of hydrogen-bond acceptors (Lipinski definition) is 3. The van der Waals surface area contributed by atoms with Gasteiger partial charge >= 0.3 is 5.97 Å². The van der Waals surface area contributed by atoms with Gasteiger partial charge in [-0.25, -0.2) is 4.79 Å². The largest absolute Gasteiger partial charge is 0.467 e. The number of ether oxygens (including phenoxy) is 1. The number of methoxy groups -OCH3 is 1. The number of nitrogens with one attached hydrogen (secondary N) is 1. The summed E-state index contributed by atoms with van der Waals surface area (Å²) in [5, 5.41) is 2.65. The first kappa shape index (κ1) is 16.3. The molecule has 1 atom stereocenters. The van der Waals surface area contributed by atoms with Gasteiger partial charge in [0.15, 0.2) is 0 Å². The van der Waals surface area contributed by atoms with Gasteiger partial charge in [-0.05, 0) is 17.7 Å². The highest BCUT2D eigenvalue weighted by molar-refractivity contribution is 5.99. The van der Waals surface area contributed by atoms with Crippen molar-refractivity contribution in [3.8, 4) is 12.3 Å². The molecule has 0 spiro atoms. The Bertz CT molecular complexity index is 719. The fourth-order valence-electron chi connectivity index (χ4n) is 2.25. The monoisotopic (exact) mass is 307 g/mol. The van der Waals surface area contributed by atoms with Gasteiger partial charge in [0.2, 0.25) is 5.54 Å². The van der Waals surface area contributed by atoms with Crippen molar-refractivity contribution in [2.24, 2.45) is 0 Å². The van der Waals surface area contributed by atoms with Crippen LogP contribution in [0.2, 0.25) is 0 Å². The standard InChI is InChI=1S/C19H17NO3/c1-3-19(18(22)23-2,14-15-10-6-4-7-11-15)20-17(21)16-12-8-5-9-13-16/h1,4-13H,14H2,2H3,(H,20,21). The van der Waals surface area contributed by atoms with E-state index in [0.29, 0.717) is 5.56 Å². The SMILES string of the molecule is C#CC(Cc1ccccc1)(NC(=O)c1ccccc1)C(=O)OC. The maximum atomic E-state index is 12.4. The number of rotatable bonds is 5. The van der Waals surface area contributed by atoms with Crippen LogP contribution in [0.1, 0.15) is 15.9 Å². The summed E-state index contributed by atoms with van der Waals surface area (Å²) in [6, 6.07) is 17.8. The molecule has 1 amide bonds. The third-order valence-corrected chi connectivity index (χ3v) is 3.46. The fraction of sp³-hybridized carbons (Fsp3) is 0.158. The topological polar surface area (TPSA) is 55.4 Å². The predicted molar refractivity (Wildman–Crippen MR) is 87.6 cm³/mol.